The summed E-state index contributed by atoms with van der Waals surface area (Å²) >= 11 is 0. The molecule has 0 aliphatic heterocycles. The number of hydrogen-bond donors (Lipinski definition) is 1. The van der Waals surface area contributed by atoms with Crippen molar-refractivity contribution in [3.05, 3.63) is 30.1 Å². The maximum absolute atomic E-state index is 12.6. The van der Waals surface area contributed by atoms with Crippen molar-refractivity contribution >= 4 is 16.8 Å². The second kappa shape index (κ2) is 5.98. The summed E-state index contributed by atoms with van der Waals surface area (Å²) in [5.41, 5.74) is 8.21. The number of aromatic nitrogens is 2. The predicted octanol–water partition coefficient (Wildman–Crippen LogP) is 2.69. The predicted molar refractivity (Wildman–Crippen MR) is 84.1 cm³/mol. The van der Waals surface area contributed by atoms with E-state index in [1.54, 1.807) is 0 Å². The van der Waals surface area contributed by atoms with Crippen LogP contribution in [-0.2, 0) is 17.8 Å². The third kappa shape index (κ3) is 2.72. The fourth-order valence-corrected chi connectivity index (χ4v) is 3.46. The van der Waals surface area contributed by atoms with Crippen LogP contribution < -0.4 is 5.73 Å². The summed E-state index contributed by atoms with van der Waals surface area (Å²) in [5.74, 6) is 1.15. The second-order valence-corrected chi connectivity index (χ2v) is 5.96. The van der Waals surface area contributed by atoms with E-state index in [4.69, 9.17) is 5.73 Å². The van der Waals surface area contributed by atoms with Crippen molar-refractivity contribution in [1.82, 2.24) is 9.55 Å². The van der Waals surface area contributed by atoms with Crippen LogP contribution in [0.2, 0.25) is 0 Å². The Morgan fingerprint density at radius 3 is 2.86 bits per heavy atom. The van der Waals surface area contributed by atoms with E-state index in [-0.39, 0.29) is 17.7 Å². The standard InChI is InChI=1S/C17H23N3O/c1-2-20-15-10-6-5-9-14(15)19-17(20)11-16(21)12-7-3-4-8-13(12)18/h5-6,9-10,12-13H,2-4,7-8,11,18H2,1H3. The van der Waals surface area contributed by atoms with Crippen LogP contribution in [0.3, 0.4) is 0 Å². The summed E-state index contributed by atoms with van der Waals surface area (Å²) in [5, 5.41) is 0. The van der Waals surface area contributed by atoms with E-state index < -0.39 is 0 Å². The van der Waals surface area contributed by atoms with Gasteiger partial charge < -0.3 is 10.3 Å². The number of nitrogens with two attached hydrogens (primary N) is 1. The van der Waals surface area contributed by atoms with Crippen LogP contribution in [0.4, 0.5) is 0 Å². The number of aryl methyl sites for hydroxylation is 1. The minimum Gasteiger partial charge on any atom is -0.328 e. The molecule has 4 heteroatoms. The van der Waals surface area contributed by atoms with Gasteiger partial charge in [-0.05, 0) is 31.9 Å². The molecule has 21 heavy (non-hydrogen) atoms. The molecule has 0 spiro atoms. The highest BCUT2D eigenvalue weighted by atomic mass is 16.1. The van der Waals surface area contributed by atoms with E-state index in [9.17, 15) is 4.79 Å². The zero-order valence-electron chi connectivity index (χ0n) is 12.6. The van der Waals surface area contributed by atoms with E-state index in [0.717, 1.165) is 49.1 Å². The maximum atomic E-state index is 12.6. The Morgan fingerprint density at radius 1 is 1.33 bits per heavy atom. The van der Waals surface area contributed by atoms with Gasteiger partial charge in [-0.15, -0.1) is 0 Å². The monoisotopic (exact) mass is 285 g/mol. The highest BCUT2D eigenvalue weighted by Gasteiger charge is 2.29. The van der Waals surface area contributed by atoms with Gasteiger partial charge in [0.2, 0.25) is 0 Å². The third-order valence-corrected chi connectivity index (χ3v) is 4.62. The summed E-state index contributed by atoms with van der Waals surface area (Å²) in [6.45, 7) is 2.92. The number of imidazole rings is 1. The molecule has 1 aromatic carbocycles. The molecule has 3 rings (SSSR count). The number of para-hydroxylation sites is 2. The molecule has 1 saturated carbocycles. The van der Waals surface area contributed by atoms with Crippen molar-refractivity contribution in [1.29, 1.82) is 0 Å². The number of carbonyl (C=O) groups is 1. The van der Waals surface area contributed by atoms with Gasteiger partial charge in [0, 0.05) is 18.5 Å². The minimum atomic E-state index is 0.0175. The van der Waals surface area contributed by atoms with Crippen LogP contribution in [0.25, 0.3) is 11.0 Å². The fourth-order valence-electron chi connectivity index (χ4n) is 3.46. The van der Waals surface area contributed by atoms with Crippen LogP contribution in [0, 0.1) is 5.92 Å². The normalized spacial score (nSPS) is 22.6. The number of nitrogens with zero attached hydrogens (tertiary/aromatic N) is 2. The lowest BCUT2D eigenvalue weighted by Crippen LogP contribution is -2.39. The molecule has 1 aromatic heterocycles. The molecule has 2 atom stereocenters. The molecular formula is C17H23N3O. The lowest BCUT2D eigenvalue weighted by atomic mass is 9.81. The highest BCUT2D eigenvalue weighted by molar-refractivity contribution is 5.85. The number of fused-ring (bicyclic) bond motifs is 1. The Hall–Kier alpha value is -1.68. The van der Waals surface area contributed by atoms with Gasteiger partial charge >= 0.3 is 0 Å². The zero-order chi connectivity index (χ0) is 14.8. The Labute approximate surface area is 125 Å². The Bertz CT molecular complexity index is 647. The minimum absolute atomic E-state index is 0.0175. The summed E-state index contributed by atoms with van der Waals surface area (Å²) in [6.07, 6.45) is 4.58. The van der Waals surface area contributed by atoms with Gasteiger partial charge in [-0.1, -0.05) is 25.0 Å². The van der Waals surface area contributed by atoms with Crippen LogP contribution in [0.1, 0.15) is 38.4 Å². The maximum Gasteiger partial charge on any atom is 0.145 e. The van der Waals surface area contributed by atoms with Gasteiger partial charge in [-0.25, -0.2) is 4.98 Å². The molecule has 0 saturated heterocycles. The average Bonchev–Trinajstić information content (AvgIpc) is 2.84. The summed E-state index contributed by atoms with van der Waals surface area (Å²) in [4.78, 5) is 17.2. The summed E-state index contributed by atoms with van der Waals surface area (Å²) in [6, 6.07) is 8.09. The van der Waals surface area contributed by atoms with Crippen LogP contribution in [0.5, 0.6) is 0 Å². The van der Waals surface area contributed by atoms with E-state index in [1.807, 2.05) is 18.2 Å². The zero-order valence-corrected chi connectivity index (χ0v) is 12.6. The first-order valence-electron chi connectivity index (χ1n) is 7.93. The first kappa shape index (κ1) is 14.3. The average molecular weight is 285 g/mol. The number of Topliss-reactive ketones (excluding diaryl/α,β-unsaturated/α-hetero) is 1. The van der Waals surface area contributed by atoms with Gasteiger partial charge in [0.15, 0.2) is 0 Å². The SMILES string of the molecule is CCn1c(CC(=O)C2CCCCC2N)nc2ccccc21. The van der Waals surface area contributed by atoms with Crippen LogP contribution >= 0.6 is 0 Å². The Morgan fingerprint density at radius 2 is 2.10 bits per heavy atom. The summed E-state index contributed by atoms with van der Waals surface area (Å²) in [7, 11) is 0. The fraction of sp³-hybridized carbons (Fsp3) is 0.529. The Kier molecular flexibility index (Phi) is 4.06. The molecule has 1 aliphatic rings. The van der Waals surface area contributed by atoms with Crippen LogP contribution in [0.15, 0.2) is 24.3 Å². The molecule has 4 nitrogen and oxygen atoms in total. The molecular weight excluding hydrogens is 262 g/mol. The molecule has 0 amide bonds. The van der Waals surface area contributed by atoms with Crippen molar-refractivity contribution in [2.75, 3.05) is 0 Å². The smallest absolute Gasteiger partial charge is 0.145 e. The third-order valence-electron chi connectivity index (χ3n) is 4.62. The van der Waals surface area contributed by atoms with E-state index in [1.165, 1.54) is 0 Å². The number of benzene rings is 1. The first-order valence-corrected chi connectivity index (χ1v) is 7.93. The molecule has 0 bridgehead atoms. The molecule has 112 valence electrons. The van der Waals surface area contributed by atoms with Crippen molar-refractivity contribution < 1.29 is 4.79 Å². The lowest BCUT2D eigenvalue weighted by molar-refractivity contribution is -0.123. The first-order chi connectivity index (χ1) is 10.2. The summed E-state index contributed by atoms with van der Waals surface area (Å²) < 4.78 is 2.14. The van der Waals surface area contributed by atoms with E-state index in [0.29, 0.717) is 6.42 Å². The molecule has 1 fully saturated rings. The van der Waals surface area contributed by atoms with Crippen molar-refractivity contribution in [2.45, 2.75) is 51.6 Å². The van der Waals surface area contributed by atoms with Crippen molar-refractivity contribution in [3.8, 4) is 0 Å². The highest BCUT2D eigenvalue weighted by Crippen LogP contribution is 2.25. The quantitative estimate of drug-likeness (QED) is 0.939. The van der Waals surface area contributed by atoms with E-state index >= 15 is 0 Å². The van der Waals surface area contributed by atoms with Gasteiger partial charge in [0.1, 0.15) is 11.6 Å². The van der Waals surface area contributed by atoms with Gasteiger partial charge in [0.05, 0.1) is 17.5 Å². The van der Waals surface area contributed by atoms with Gasteiger partial charge in [0.25, 0.3) is 0 Å². The second-order valence-electron chi connectivity index (χ2n) is 5.96. The lowest BCUT2D eigenvalue weighted by Gasteiger charge is -2.27. The van der Waals surface area contributed by atoms with E-state index in [2.05, 4.69) is 22.5 Å². The van der Waals surface area contributed by atoms with Crippen molar-refractivity contribution in [3.63, 3.8) is 0 Å². The topological polar surface area (TPSA) is 60.9 Å². The number of rotatable bonds is 4. The molecule has 1 heterocycles. The number of hydrogen-bond acceptors (Lipinski definition) is 3. The van der Waals surface area contributed by atoms with Gasteiger partial charge in [-0.2, -0.15) is 0 Å². The molecule has 2 aromatic rings. The van der Waals surface area contributed by atoms with Gasteiger partial charge in [-0.3, -0.25) is 4.79 Å². The Balaban J connectivity index is 1.85. The molecule has 1 aliphatic carbocycles. The van der Waals surface area contributed by atoms with Crippen LogP contribution in [-0.4, -0.2) is 21.4 Å². The largest absolute Gasteiger partial charge is 0.328 e. The van der Waals surface area contributed by atoms with Crippen molar-refractivity contribution in [2.24, 2.45) is 11.7 Å². The number of ketones is 1. The molecule has 0 radical (unpaired) electrons. The molecule has 2 N–H and O–H groups in total. The molecule has 2 unspecified atom stereocenters. The number of carbonyl (C=O) groups excluding carboxylic acids is 1.